The standard InChI is InChI=1S/C15H21NO3/c1-12-7-8-14(10-17)9-16(12)15(18)19-11-13-5-3-2-4-6-13/h2-6,12,14,17H,7-11H2,1H3/t12-,14+/m0/s1. The Bertz CT molecular complexity index is 407. The molecule has 19 heavy (non-hydrogen) atoms. The van der Waals surface area contributed by atoms with Crippen LogP contribution in [0.3, 0.4) is 0 Å². The quantitative estimate of drug-likeness (QED) is 0.911. The summed E-state index contributed by atoms with van der Waals surface area (Å²) >= 11 is 0. The minimum absolute atomic E-state index is 0.134. The van der Waals surface area contributed by atoms with Gasteiger partial charge < -0.3 is 14.7 Å². The Morgan fingerprint density at radius 3 is 2.79 bits per heavy atom. The van der Waals surface area contributed by atoms with Crippen molar-refractivity contribution >= 4 is 6.09 Å². The maximum Gasteiger partial charge on any atom is 0.410 e. The molecule has 1 heterocycles. The first-order chi connectivity index (χ1) is 9.20. The van der Waals surface area contributed by atoms with Crippen LogP contribution in [0, 0.1) is 5.92 Å². The van der Waals surface area contributed by atoms with Crippen LogP contribution in [0.4, 0.5) is 4.79 Å². The summed E-state index contributed by atoms with van der Waals surface area (Å²) < 4.78 is 5.34. The van der Waals surface area contributed by atoms with Gasteiger partial charge in [0.25, 0.3) is 0 Å². The number of hydrogen-bond donors (Lipinski definition) is 1. The third-order valence-corrected chi connectivity index (χ3v) is 3.68. The summed E-state index contributed by atoms with van der Waals surface area (Å²) in [5, 5.41) is 9.21. The van der Waals surface area contributed by atoms with Crippen LogP contribution in [0.1, 0.15) is 25.3 Å². The number of hydrogen-bond acceptors (Lipinski definition) is 3. The molecule has 0 unspecified atom stereocenters. The lowest BCUT2D eigenvalue weighted by molar-refractivity contribution is 0.0477. The molecular weight excluding hydrogens is 242 g/mol. The zero-order valence-electron chi connectivity index (χ0n) is 11.3. The van der Waals surface area contributed by atoms with E-state index in [0.29, 0.717) is 13.2 Å². The largest absolute Gasteiger partial charge is 0.445 e. The molecule has 0 spiro atoms. The number of carbonyl (C=O) groups is 1. The van der Waals surface area contributed by atoms with Gasteiger partial charge in [0.2, 0.25) is 0 Å². The Morgan fingerprint density at radius 2 is 2.11 bits per heavy atom. The number of piperidine rings is 1. The average Bonchev–Trinajstić information content (AvgIpc) is 2.46. The van der Waals surface area contributed by atoms with Gasteiger partial charge in [-0.05, 0) is 31.2 Å². The van der Waals surface area contributed by atoms with Crippen molar-refractivity contribution < 1.29 is 14.6 Å². The number of aliphatic hydroxyl groups is 1. The molecule has 1 fully saturated rings. The Balaban J connectivity index is 1.88. The van der Waals surface area contributed by atoms with Gasteiger partial charge >= 0.3 is 6.09 Å². The fraction of sp³-hybridized carbons (Fsp3) is 0.533. The highest BCUT2D eigenvalue weighted by atomic mass is 16.6. The second kappa shape index (κ2) is 6.57. The normalized spacial score (nSPS) is 23.2. The van der Waals surface area contributed by atoms with E-state index in [1.807, 2.05) is 37.3 Å². The number of carbonyl (C=O) groups excluding carboxylic acids is 1. The van der Waals surface area contributed by atoms with Gasteiger partial charge in [0, 0.05) is 19.2 Å². The van der Waals surface area contributed by atoms with E-state index in [9.17, 15) is 9.90 Å². The third-order valence-electron chi connectivity index (χ3n) is 3.68. The van der Waals surface area contributed by atoms with E-state index >= 15 is 0 Å². The highest BCUT2D eigenvalue weighted by molar-refractivity contribution is 5.68. The van der Waals surface area contributed by atoms with Crippen molar-refractivity contribution in [1.29, 1.82) is 0 Å². The van der Waals surface area contributed by atoms with Gasteiger partial charge in [-0.25, -0.2) is 4.79 Å². The maximum absolute atomic E-state index is 12.1. The molecule has 0 radical (unpaired) electrons. The van der Waals surface area contributed by atoms with Crippen molar-refractivity contribution in [3.63, 3.8) is 0 Å². The molecule has 0 bridgehead atoms. The summed E-state index contributed by atoms with van der Waals surface area (Å²) in [6.07, 6.45) is 1.61. The molecule has 2 rings (SSSR count). The Morgan fingerprint density at radius 1 is 1.37 bits per heavy atom. The second-order valence-corrected chi connectivity index (χ2v) is 5.17. The Hall–Kier alpha value is -1.55. The predicted molar refractivity (Wildman–Crippen MR) is 72.6 cm³/mol. The van der Waals surface area contributed by atoms with Crippen LogP contribution in [0.25, 0.3) is 0 Å². The lowest BCUT2D eigenvalue weighted by Crippen LogP contribution is -2.46. The fourth-order valence-electron chi connectivity index (χ4n) is 2.39. The molecule has 0 aliphatic carbocycles. The van der Waals surface area contributed by atoms with Crippen LogP contribution in [-0.4, -0.2) is 35.3 Å². The zero-order valence-corrected chi connectivity index (χ0v) is 11.3. The lowest BCUT2D eigenvalue weighted by Gasteiger charge is -2.36. The first-order valence-corrected chi connectivity index (χ1v) is 6.79. The molecule has 0 saturated carbocycles. The zero-order chi connectivity index (χ0) is 13.7. The number of ether oxygens (including phenoxy) is 1. The van der Waals surface area contributed by atoms with E-state index in [0.717, 1.165) is 18.4 Å². The predicted octanol–water partition coefficient (Wildman–Crippen LogP) is 2.42. The molecule has 4 heteroatoms. The number of benzene rings is 1. The first kappa shape index (κ1) is 13.9. The van der Waals surface area contributed by atoms with Crippen LogP contribution in [0.2, 0.25) is 0 Å². The van der Waals surface area contributed by atoms with Gasteiger partial charge in [0.05, 0.1) is 0 Å². The summed E-state index contributed by atoms with van der Waals surface area (Å²) in [5.74, 6) is 0.181. The van der Waals surface area contributed by atoms with Crippen LogP contribution in [0.15, 0.2) is 30.3 Å². The van der Waals surface area contributed by atoms with Crippen LogP contribution < -0.4 is 0 Å². The molecule has 1 aliphatic heterocycles. The van der Waals surface area contributed by atoms with Gasteiger partial charge in [0.15, 0.2) is 0 Å². The highest BCUT2D eigenvalue weighted by Gasteiger charge is 2.29. The van der Waals surface area contributed by atoms with Gasteiger partial charge in [-0.2, -0.15) is 0 Å². The smallest absolute Gasteiger partial charge is 0.410 e. The summed E-state index contributed by atoms with van der Waals surface area (Å²) in [4.78, 5) is 13.8. The number of amides is 1. The molecule has 4 nitrogen and oxygen atoms in total. The molecule has 1 aliphatic rings. The number of likely N-dealkylation sites (tertiary alicyclic amines) is 1. The monoisotopic (exact) mass is 263 g/mol. The van der Waals surface area contributed by atoms with Gasteiger partial charge in [0.1, 0.15) is 6.61 Å². The number of nitrogens with zero attached hydrogens (tertiary/aromatic N) is 1. The second-order valence-electron chi connectivity index (χ2n) is 5.17. The fourth-order valence-corrected chi connectivity index (χ4v) is 2.39. The van der Waals surface area contributed by atoms with Crippen molar-refractivity contribution in [2.75, 3.05) is 13.2 Å². The average molecular weight is 263 g/mol. The molecule has 1 N–H and O–H groups in total. The van der Waals surface area contributed by atoms with Crippen molar-refractivity contribution in [1.82, 2.24) is 4.90 Å². The molecule has 1 amide bonds. The summed E-state index contributed by atoms with van der Waals surface area (Å²) in [6, 6.07) is 9.84. The van der Waals surface area contributed by atoms with E-state index in [1.54, 1.807) is 4.90 Å². The SMILES string of the molecule is C[C@H]1CC[C@@H](CO)CN1C(=O)OCc1ccccc1. The lowest BCUT2D eigenvalue weighted by atomic mass is 9.94. The Kier molecular flexibility index (Phi) is 4.80. The van der Waals surface area contributed by atoms with Crippen LogP contribution >= 0.6 is 0 Å². The van der Waals surface area contributed by atoms with Gasteiger partial charge in [-0.1, -0.05) is 30.3 Å². The third kappa shape index (κ3) is 3.70. The first-order valence-electron chi connectivity index (χ1n) is 6.79. The molecule has 2 atom stereocenters. The summed E-state index contributed by atoms with van der Waals surface area (Å²) in [5.41, 5.74) is 0.985. The number of aliphatic hydroxyl groups excluding tert-OH is 1. The van der Waals surface area contributed by atoms with Crippen molar-refractivity contribution in [3.8, 4) is 0 Å². The highest BCUT2D eigenvalue weighted by Crippen LogP contribution is 2.22. The van der Waals surface area contributed by atoms with Gasteiger partial charge in [-0.3, -0.25) is 0 Å². The van der Waals surface area contributed by atoms with Crippen molar-refractivity contribution in [3.05, 3.63) is 35.9 Å². The molecule has 1 saturated heterocycles. The van der Waals surface area contributed by atoms with Crippen molar-refractivity contribution in [2.45, 2.75) is 32.4 Å². The Labute approximate surface area is 114 Å². The van der Waals surface area contributed by atoms with E-state index in [1.165, 1.54) is 0 Å². The van der Waals surface area contributed by atoms with Crippen molar-refractivity contribution in [2.24, 2.45) is 5.92 Å². The molecular formula is C15H21NO3. The molecule has 1 aromatic rings. The topological polar surface area (TPSA) is 49.8 Å². The summed E-state index contributed by atoms with van der Waals surface area (Å²) in [6.45, 7) is 3.05. The maximum atomic E-state index is 12.1. The van der Waals surface area contributed by atoms with E-state index < -0.39 is 0 Å². The minimum atomic E-state index is -0.283. The molecule has 104 valence electrons. The minimum Gasteiger partial charge on any atom is -0.445 e. The van der Waals surface area contributed by atoms with Gasteiger partial charge in [-0.15, -0.1) is 0 Å². The molecule has 1 aromatic carbocycles. The van der Waals surface area contributed by atoms with Crippen LogP contribution in [0.5, 0.6) is 0 Å². The number of rotatable bonds is 3. The van der Waals surface area contributed by atoms with E-state index in [2.05, 4.69) is 0 Å². The van der Waals surface area contributed by atoms with E-state index in [-0.39, 0.29) is 24.7 Å². The summed E-state index contributed by atoms with van der Waals surface area (Å²) in [7, 11) is 0. The van der Waals surface area contributed by atoms with Crippen LogP contribution in [-0.2, 0) is 11.3 Å². The van der Waals surface area contributed by atoms with E-state index in [4.69, 9.17) is 4.74 Å². The molecule has 0 aromatic heterocycles.